The molecule has 0 heterocycles. The normalized spacial score (nSPS) is 22.2. The van der Waals surface area contributed by atoms with E-state index in [9.17, 15) is 19.1 Å². The van der Waals surface area contributed by atoms with Gasteiger partial charge in [-0.2, -0.15) is 0 Å². The Morgan fingerprint density at radius 3 is 2.65 bits per heavy atom. The zero-order valence-corrected chi connectivity index (χ0v) is 10.9. The van der Waals surface area contributed by atoms with Crippen LogP contribution in [0, 0.1) is 11.7 Å². The van der Waals surface area contributed by atoms with Crippen molar-refractivity contribution in [1.29, 1.82) is 0 Å². The van der Waals surface area contributed by atoms with Crippen molar-refractivity contribution in [1.82, 2.24) is 0 Å². The molecule has 1 saturated carbocycles. The molecular weight excluding hydrogens is 263 g/mol. The molecule has 2 rings (SSSR count). The smallest absolute Gasteiger partial charge is 0.308 e. The summed E-state index contributed by atoms with van der Waals surface area (Å²) in [5.41, 5.74) is 5.65. The molecule has 4 N–H and O–H groups in total. The SMILES string of the molecule is NC(=O)c1cc(F)ccc1NC1CCCCC1C(=O)O. The van der Waals surface area contributed by atoms with Crippen molar-refractivity contribution < 1.29 is 19.1 Å². The second-order valence-corrected chi connectivity index (χ2v) is 5.03. The average molecular weight is 280 g/mol. The summed E-state index contributed by atoms with van der Waals surface area (Å²) in [7, 11) is 0. The molecule has 1 aromatic carbocycles. The van der Waals surface area contributed by atoms with Crippen molar-refractivity contribution in [3.05, 3.63) is 29.6 Å². The maximum Gasteiger partial charge on any atom is 0.308 e. The van der Waals surface area contributed by atoms with Gasteiger partial charge >= 0.3 is 5.97 Å². The Kier molecular flexibility index (Phi) is 4.22. The lowest BCUT2D eigenvalue weighted by Gasteiger charge is -2.30. The van der Waals surface area contributed by atoms with Crippen LogP contribution in [0.25, 0.3) is 0 Å². The zero-order chi connectivity index (χ0) is 14.7. The van der Waals surface area contributed by atoms with Crippen LogP contribution in [-0.4, -0.2) is 23.0 Å². The van der Waals surface area contributed by atoms with Gasteiger partial charge in [-0.05, 0) is 31.0 Å². The predicted molar refractivity (Wildman–Crippen MR) is 71.9 cm³/mol. The lowest BCUT2D eigenvalue weighted by molar-refractivity contribution is -0.143. The van der Waals surface area contributed by atoms with Gasteiger partial charge in [0, 0.05) is 11.7 Å². The van der Waals surface area contributed by atoms with Crippen LogP contribution < -0.4 is 11.1 Å². The molecule has 0 bridgehead atoms. The van der Waals surface area contributed by atoms with Gasteiger partial charge < -0.3 is 16.2 Å². The minimum atomic E-state index is -0.857. The number of carbonyl (C=O) groups is 2. The molecule has 0 spiro atoms. The van der Waals surface area contributed by atoms with E-state index in [1.54, 1.807) is 0 Å². The van der Waals surface area contributed by atoms with Crippen molar-refractivity contribution in [3.8, 4) is 0 Å². The lowest BCUT2D eigenvalue weighted by Crippen LogP contribution is -2.37. The number of carbonyl (C=O) groups excluding carboxylic acids is 1. The third-order valence-corrected chi connectivity index (χ3v) is 3.67. The van der Waals surface area contributed by atoms with Gasteiger partial charge in [0.05, 0.1) is 11.5 Å². The summed E-state index contributed by atoms with van der Waals surface area (Å²) in [6, 6.07) is 3.42. The highest BCUT2D eigenvalue weighted by Crippen LogP contribution is 2.29. The number of carboxylic acid groups (broad SMARTS) is 1. The number of nitrogens with one attached hydrogen (secondary N) is 1. The van der Waals surface area contributed by atoms with Crippen LogP contribution in [0.3, 0.4) is 0 Å². The van der Waals surface area contributed by atoms with Gasteiger partial charge in [-0.3, -0.25) is 9.59 Å². The monoisotopic (exact) mass is 280 g/mol. The number of primary amides is 1. The van der Waals surface area contributed by atoms with Crippen LogP contribution >= 0.6 is 0 Å². The topological polar surface area (TPSA) is 92.4 Å². The molecule has 1 fully saturated rings. The van der Waals surface area contributed by atoms with Gasteiger partial charge in [-0.1, -0.05) is 12.8 Å². The molecule has 0 aliphatic heterocycles. The van der Waals surface area contributed by atoms with Crippen LogP contribution in [0.1, 0.15) is 36.0 Å². The Hall–Kier alpha value is -2.11. The number of hydrogen-bond donors (Lipinski definition) is 3. The van der Waals surface area contributed by atoms with E-state index in [4.69, 9.17) is 5.73 Å². The number of anilines is 1. The van der Waals surface area contributed by atoms with Gasteiger partial charge in [0.15, 0.2) is 0 Å². The number of rotatable bonds is 4. The third-order valence-electron chi connectivity index (χ3n) is 3.67. The average Bonchev–Trinajstić information content (AvgIpc) is 2.41. The Balaban J connectivity index is 2.24. The predicted octanol–water partition coefficient (Wildman–Crippen LogP) is 1.98. The number of carboxylic acids is 1. The van der Waals surface area contributed by atoms with Gasteiger partial charge in [-0.15, -0.1) is 0 Å². The summed E-state index contributed by atoms with van der Waals surface area (Å²) in [5.74, 6) is -2.66. The lowest BCUT2D eigenvalue weighted by atomic mass is 9.84. The standard InChI is InChI=1S/C14H17FN2O3/c15-8-5-6-12(10(7-8)13(16)18)17-11-4-2-1-3-9(11)14(19)20/h5-7,9,11,17H,1-4H2,(H2,16,18)(H,19,20). The van der Waals surface area contributed by atoms with E-state index < -0.39 is 23.6 Å². The molecule has 108 valence electrons. The van der Waals surface area contributed by atoms with Crippen molar-refractivity contribution in [3.63, 3.8) is 0 Å². The van der Waals surface area contributed by atoms with Crippen LogP contribution in [-0.2, 0) is 4.79 Å². The molecule has 20 heavy (non-hydrogen) atoms. The fraction of sp³-hybridized carbons (Fsp3) is 0.429. The van der Waals surface area contributed by atoms with Crippen molar-refractivity contribution in [2.24, 2.45) is 11.7 Å². The van der Waals surface area contributed by atoms with E-state index in [1.165, 1.54) is 12.1 Å². The number of aliphatic carboxylic acids is 1. The van der Waals surface area contributed by atoms with Crippen molar-refractivity contribution >= 4 is 17.6 Å². The molecule has 1 aromatic rings. The van der Waals surface area contributed by atoms with E-state index in [1.807, 2.05) is 0 Å². The van der Waals surface area contributed by atoms with Gasteiger partial charge in [0.1, 0.15) is 5.82 Å². The highest BCUT2D eigenvalue weighted by molar-refractivity contribution is 5.98. The fourth-order valence-corrected chi connectivity index (χ4v) is 2.65. The third kappa shape index (κ3) is 3.07. The first kappa shape index (κ1) is 14.3. The highest BCUT2D eigenvalue weighted by Gasteiger charge is 2.31. The number of hydrogen-bond acceptors (Lipinski definition) is 3. The first-order valence-corrected chi connectivity index (χ1v) is 6.57. The maximum absolute atomic E-state index is 13.2. The zero-order valence-electron chi connectivity index (χ0n) is 10.9. The second-order valence-electron chi connectivity index (χ2n) is 5.03. The molecule has 1 aliphatic carbocycles. The van der Waals surface area contributed by atoms with Crippen LogP contribution in [0.5, 0.6) is 0 Å². The van der Waals surface area contributed by atoms with Crippen molar-refractivity contribution in [2.45, 2.75) is 31.7 Å². The second kappa shape index (κ2) is 5.90. The fourth-order valence-electron chi connectivity index (χ4n) is 2.65. The highest BCUT2D eigenvalue weighted by atomic mass is 19.1. The Bertz CT molecular complexity index is 533. The van der Waals surface area contributed by atoms with E-state index in [2.05, 4.69) is 5.32 Å². The van der Waals surface area contributed by atoms with Crippen LogP contribution in [0.2, 0.25) is 0 Å². The van der Waals surface area contributed by atoms with E-state index in [0.29, 0.717) is 18.5 Å². The van der Waals surface area contributed by atoms with Gasteiger partial charge in [0.2, 0.25) is 0 Å². The minimum Gasteiger partial charge on any atom is -0.481 e. The Morgan fingerprint density at radius 2 is 2.00 bits per heavy atom. The largest absolute Gasteiger partial charge is 0.481 e. The molecule has 2 atom stereocenters. The molecule has 1 aliphatic rings. The summed E-state index contributed by atoms with van der Waals surface area (Å²) >= 11 is 0. The first-order valence-electron chi connectivity index (χ1n) is 6.57. The molecule has 0 aromatic heterocycles. The number of halogens is 1. The van der Waals surface area contributed by atoms with Crippen LogP contribution in [0.4, 0.5) is 10.1 Å². The molecule has 0 saturated heterocycles. The summed E-state index contributed by atoms with van der Waals surface area (Å²) in [6.07, 6.45) is 3.10. The molecule has 6 heteroatoms. The summed E-state index contributed by atoms with van der Waals surface area (Å²) in [4.78, 5) is 22.6. The molecule has 5 nitrogen and oxygen atoms in total. The van der Waals surface area contributed by atoms with E-state index >= 15 is 0 Å². The molecule has 1 amide bonds. The summed E-state index contributed by atoms with van der Waals surface area (Å²) in [5, 5.41) is 12.3. The Labute approximate surface area is 116 Å². The van der Waals surface area contributed by atoms with E-state index in [-0.39, 0.29) is 11.6 Å². The summed E-state index contributed by atoms with van der Waals surface area (Å²) < 4.78 is 13.2. The number of benzene rings is 1. The quantitative estimate of drug-likeness (QED) is 0.786. The Morgan fingerprint density at radius 1 is 1.30 bits per heavy atom. The first-order chi connectivity index (χ1) is 9.49. The molecular formula is C14H17FN2O3. The maximum atomic E-state index is 13.2. The minimum absolute atomic E-state index is 0.0414. The number of amides is 1. The van der Waals surface area contributed by atoms with E-state index in [0.717, 1.165) is 18.9 Å². The molecule has 0 radical (unpaired) electrons. The van der Waals surface area contributed by atoms with Gasteiger partial charge in [-0.25, -0.2) is 4.39 Å². The van der Waals surface area contributed by atoms with Crippen molar-refractivity contribution in [2.75, 3.05) is 5.32 Å². The molecule has 2 unspecified atom stereocenters. The van der Waals surface area contributed by atoms with Gasteiger partial charge in [0.25, 0.3) is 5.91 Å². The summed E-state index contributed by atoms with van der Waals surface area (Å²) in [6.45, 7) is 0. The number of nitrogens with two attached hydrogens (primary N) is 1. The van der Waals surface area contributed by atoms with Crippen LogP contribution in [0.15, 0.2) is 18.2 Å².